The Morgan fingerprint density at radius 2 is 2.33 bits per heavy atom. The third-order valence-electron chi connectivity index (χ3n) is 2.77. The summed E-state index contributed by atoms with van der Waals surface area (Å²) >= 11 is 0. The molecule has 2 heterocycles. The largest absolute Gasteiger partial charge is 0.314 e. The molecule has 1 aromatic rings. The van der Waals surface area contributed by atoms with Gasteiger partial charge >= 0.3 is 0 Å². The Hall–Kier alpha value is -0.970. The van der Waals surface area contributed by atoms with E-state index in [0.717, 1.165) is 18.8 Å². The topological polar surface area (TPSA) is 55.6 Å². The van der Waals surface area contributed by atoms with Crippen LogP contribution in [0.15, 0.2) is 0 Å². The van der Waals surface area contributed by atoms with Crippen molar-refractivity contribution in [1.82, 2.24) is 25.5 Å². The maximum atomic E-state index is 4.36. The van der Waals surface area contributed by atoms with Crippen molar-refractivity contribution >= 4 is 0 Å². The lowest BCUT2D eigenvalue weighted by Crippen LogP contribution is -2.35. The Kier molecular flexibility index (Phi) is 3.30. The maximum Gasteiger partial charge on any atom is 0.176 e. The predicted molar refractivity (Wildman–Crippen MR) is 57.5 cm³/mol. The molecule has 1 aromatic heterocycles. The molecule has 84 valence electrons. The SMILES string of the molecule is CC(C)n1nnc(CC2CCCCN2)n1. The molecule has 1 N–H and O–H groups in total. The number of rotatable bonds is 3. The second kappa shape index (κ2) is 4.70. The fraction of sp³-hybridized carbons (Fsp3) is 0.900. The number of piperidine rings is 1. The van der Waals surface area contributed by atoms with Crippen molar-refractivity contribution in [1.29, 1.82) is 0 Å². The van der Waals surface area contributed by atoms with Crippen LogP contribution in [0.25, 0.3) is 0 Å². The van der Waals surface area contributed by atoms with Gasteiger partial charge in [-0.2, -0.15) is 4.80 Å². The lowest BCUT2D eigenvalue weighted by Gasteiger charge is -2.21. The van der Waals surface area contributed by atoms with Crippen LogP contribution < -0.4 is 5.32 Å². The molecule has 1 saturated heterocycles. The quantitative estimate of drug-likeness (QED) is 0.805. The Morgan fingerprint density at radius 1 is 1.47 bits per heavy atom. The molecule has 1 aliphatic rings. The summed E-state index contributed by atoms with van der Waals surface area (Å²) in [4.78, 5) is 1.68. The fourth-order valence-electron chi connectivity index (χ4n) is 1.87. The third kappa shape index (κ3) is 2.75. The molecule has 0 saturated carbocycles. The zero-order valence-corrected chi connectivity index (χ0v) is 9.48. The van der Waals surface area contributed by atoms with Gasteiger partial charge in [-0.3, -0.25) is 0 Å². The van der Waals surface area contributed by atoms with Crippen LogP contribution in [0.5, 0.6) is 0 Å². The van der Waals surface area contributed by atoms with E-state index in [0.29, 0.717) is 12.1 Å². The number of nitrogens with zero attached hydrogens (tertiary/aromatic N) is 4. The van der Waals surface area contributed by atoms with Crippen molar-refractivity contribution in [3.8, 4) is 0 Å². The van der Waals surface area contributed by atoms with Crippen LogP contribution in [0, 0.1) is 0 Å². The van der Waals surface area contributed by atoms with Gasteiger partial charge in [0.1, 0.15) is 0 Å². The van der Waals surface area contributed by atoms with Crippen molar-refractivity contribution in [3.63, 3.8) is 0 Å². The molecular weight excluding hydrogens is 190 g/mol. The molecule has 0 aliphatic carbocycles. The van der Waals surface area contributed by atoms with E-state index in [1.807, 2.05) is 0 Å². The molecule has 1 unspecified atom stereocenters. The van der Waals surface area contributed by atoms with Crippen molar-refractivity contribution in [2.45, 2.75) is 51.6 Å². The molecule has 15 heavy (non-hydrogen) atoms. The van der Waals surface area contributed by atoms with E-state index in [1.165, 1.54) is 19.3 Å². The molecule has 0 aromatic carbocycles. The van der Waals surface area contributed by atoms with Crippen LogP contribution in [-0.2, 0) is 6.42 Å². The van der Waals surface area contributed by atoms with E-state index in [1.54, 1.807) is 4.80 Å². The van der Waals surface area contributed by atoms with Gasteiger partial charge in [-0.05, 0) is 38.4 Å². The Bertz CT molecular complexity index is 301. The van der Waals surface area contributed by atoms with Crippen molar-refractivity contribution in [2.24, 2.45) is 0 Å². The third-order valence-corrected chi connectivity index (χ3v) is 2.77. The second-order valence-corrected chi connectivity index (χ2v) is 4.47. The Balaban J connectivity index is 1.91. The van der Waals surface area contributed by atoms with Crippen molar-refractivity contribution in [2.75, 3.05) is 6.54 Å². The zero-order chi connectivity index (χ0) is 10.7. The van der Waals surface area contributed by atoms with Crippen LogP contribution in [0.4, 0.5) is 0 Å². The van der Waals surface area contributed by atoms with Crippen molar-refractivity contribution in [3.05, 3.63) is 5.82 Å². The molecule has 5 heteroatoms. The van der Waals surface area contributed by atoms with Crippen LogP contribution in [0.2, 0.25) is 0 Å². The average Bonchev–Trinajstić information content (AvgIpc) is 2.68. The molecule has 0 radical (unpaired) electrons. The average molecular weight is 209 g/mol. The van der Waals surface area contributed by atoms with Gasteiger partial charge in [0.25, 0.3) is 0 Å². The van der Waals surface area contributed by atoms with E-state index in [2.05, 4.69) is 34.6 Å². The molecule has 0 amide bonds. The minimum atomic E-state index is 0.297. The number of hydrogen-bond donors (Lipinski definition) is 1. The smallest absolute Gasteiger partial charge is 0.176 e. The predicted octanol–water partition coefficient (Wildman–Crippen LogP) is 0.939. The lowest BCUT2D eigenvalue weighted by molar-refractivity contribution is 0.392. The van der Waals surface area contributed by atoms with Gasteiger partial charge in [-0.15, -0.1) is 10.2 Å². The highest BCUT2D eigenvalue weighted by atomic mass is 15.6. The highest BCUT2D eigenvalue weighted by molar-refractivity contribution is 4.86. The van der Waals surface area contributed by atoms with Gasteiger partial charge in [-0.1, -0.05) is 6.42 Å². The molecular formula is C10H19N5. The summed E-state index contributed by atoms with van der Waals surface area (Å²) in [6, 6.07) is 0.842. The molecule has 1 fully saturated rings. The Morgan fingerprint density at radius 3 is 2.93 bits per heavy atom. The monoisotopic (exact) mass is 209 g/mol. The van der Waals surface area contributed by atoms with Gasteiger partial charge in [0.05, 0.1) is 6.04 Å². The van der Waals surface area contributed by atoms with Gasteiger partial charge in [0.15, 0.2) is 5.82 Å². The van der Waals surface area contributed by atoms with E-state index in [4.69, 9.17) is 0 Å². The second-order valence-electron chi connectivity index (χ2n) is 4.47. The minimum Gasteiger partial charge on any atom is -0.314 e. The molecule has 0 spiro atoms. The summed E-state index contributed by atoms with van der Waals surface area (Å²) < 4.78 is 0. The van der Waals surface area contributed by atoms with Crippen LogP contribution >= 0.6 is 0 Å². The van der Waals surface area contributed by atoms with Crippen LogP contribution in [0.3, 0.4) is 0 Å². The van der Waals surface area contributed by atoms with Gasteiger partial charge < -0.3 is 5.32 Å². The maximum absolute atomic E-state index is 4.36. The van der Waals surface area contributed by atoms with Crippen LogP contribution in [-0.4, -0.2) is 32.8 Å². The minimum absolute atomic E-state index is 0.297. The Labute approximate surface area is 90.2 Å². The van der Waals surface area contributed by atoms with Gasteiger partial charge in [-0.25, -0.2) is 0 Å². The fourth-order valence-corrected chi connectivity index (χ4v) is 1.87. The van der Waals surface area contributed by atoms with E-state index >= 15 is 0 Å². The summed E-state index contributed by atoms with van der Waals surface area (Å²) in [7, 11) is 0. The van der Waals surface area contributed by atoms with E-state index in [-0.39, 0.29) is 0 Å². The lowest BCUT2D eigenvalue weighted by atomic mass is 10.0. The van der Waals surface area contributed by atoms with Gasteiger partial charge in [0, 0.05) is 12.5 Å². The van der Waals surface area contributed by atoms with E-state index < -0.39 is 0 Å². The summed E-state index contributed by atoms with van der Waals surface area (Å²) in [6.45, 7) is 5.25. The number of nitrogens with one attached hydrogen (secondary N) is 1. The van der Waals surface area contributed by atoms with Gasteiger partial charge in [0.2, 0.25) is 0 Å². The first-order valence-corrected chi connectivity index (χ1v) is 5.77. The number of tetrazole rings is 1. The van der Waals surface area contributed by atoms with E-state index in [9.17, 15) is 0 Å². The first-order chi connectivity index (χ1) is 7.25. The molecule has 1 atom stereocenters. The molecule has 5 nitrogen and oxygen atoms in total. The first-order valence-electron chi connectivity index (χ1n) is 5.77. The summed E-state index contributed by atoms with van der Waals surface area (Å²) in [6.07, 6.45) is 4.75. The zero-order valence-electron chi connectivity index (χ0n) is 9.48. The number of hydrogen-bond acceptors (Lipinski definition) is 4. The first kappa shape index (κ1) is 10.5. The highest BCUT2D eigenvalue weighted by Crippen LogP contribution is 2.10. The van der Waals surface area contributed by atoms with Crippen LogP contribution in [0.1, 0.15) is 45.0 Å². The standard InChI is InChI=1S/C10H19N5/c1-8(2)15-13-10(12-14-15)7-9-5-3-4-6-11-9/h8-9,11H,3-7H2,1-2H3. The summed E-state index contributed by atoms with van der Waals surface area (Å²) in [5.74, 6) is 0.864. The van der Waals surface area contributed by atoms with Crippen molar-refractivity contribution < 1.29 is 0 Å². The molecule has 1 aliphatic heterocycles. The normalized spacial score (nSPS) is 22.2. The number of aromatic nitrogens is 4. The molecule has 0 bridgehead atoms. The highest BCUT2D eigenvalue weighted by Gasteiger charge is 2.16. The summed E-state index contributed by atoms with van der Waals surface area (Å²) in [5, 5.41) is 15.9. The molecule has 2 rings (SSSR count). The summed E-state index contributed by atoms with van der Waals surface area (Å²) in [5.41, 5.74) is 0.